The van der Waals surface area contributed by atoms with E-state index in [0.717, 1.165) is 29.4 Å². The molecule has 0 unspecified atom stereocenters. The molecule has 1 saturated carbocycles. The number of benzene rings is 1. The molecule has 0 bridgehead atoms. The molecule has 1 fully saturated rings. The van der Waals surface area contributed by atoms with Gasteiger partial charge in [0.1, 0.15) is 6.54 Å². The maximum Gasteiger partial charge on any atom is 0.238 e. The van der Waals surface area contributed by atoms with Gasteiger partial charge in [-0.3, -0.25) is 19.2 Å². The number of carbonyl (C=O) groups excluding carboxylic acids is 1. The zero-order valence-electron chi connectivity index (χ0n) is 15.1. The summed E-state index contributed by atoms with van der Waals surface area (Å²) in [5.41, 5.74) is 1.63. The molecule has 0 atom stereocenters. The van der Waals surface area contributed by atoms with Crippen molar-refractivity contribution in [3.63, 3.8) is 0 Å². The maximum atomic E-state index is 12.8. The predicted octanol–water partition coefficient (Wildman–Crippen LogP) is 3.32. The van der Waals surface area contributed by atoms with Crippen molar-refractivity contribution in [1.82, 2.24) is 19.7 Å². The quantitative estimate of drug-likeness (QED) is 0.454. The molecule has 28 heavy (non-hydrogen) atoms. The molecule has 0 spiro atoms. The molecular weight excluding hydrogens is 372 g/mol. The summed E-state index contributed by atoms with van der Waals surface area (Å²) in [7, 11) is 0. The molecule has 140 valence electrons. The van der Waals surface area contributed by atoms with Crippen molar-refractivity contribution in [2.24, 2.45) is 0 Å². The molecule has 1 amide bonds. The summed E-state index contributed by atoms with van der Waals surface area (Å²) >= 11 is 1.36. The normalized spacial score (nSPS) is 13.1. The van der Waals surface area contributed by atoms with Crippen molar-refractivity contribution < 1.29 is 4.79 Å². The van der Waals surface area contributed by atoms with Crippen molar-refractivity contribution in [1.29, 1.82) is 5.26 Å². The number of anilines is 1. The SMILES string of the molecule is N#CCN(C(=O)CSc1nnc(-c2cccnc2)n1C1CC1)c1ccccc1. The number of pyridine rings is 1. The number of rotatable bonds is 7. The summed E-state index contributed by atoms with van der Waals surface area (Å²) in [6.45, 7) is 0.0135. The first kappa shape index (κ1) is 18.2. The number of hydrogen-bond acceptors (Lipinski definition) is 6. The van der Waals surface area contributed by atoms with E-state index >= 15 is 0 Å². The van der Waals surface area contributed by atoms with Crippen LogP contribution in [-0.4, -0.2) is 38.0 Å². The van der Waals surface area contributed by atoms with E-state index in [1.807, 2.05) is 42.5 Å². The third-order valence-corrected chi connectivity index (χ3v) is 5.35. The molecule has 0 aliphatic heterocycles. The number of thioether (sulfide) groups is 1. The number of amides is 1. The van der Waals surface area contributed by atoms with Crippen LogP contribution in [0.5, 0.6) is 0 Å². The summed E-state index contributed by atoms with van der Waals surface area (Å²) in [6.07, 6.45) is 5.66. The monoisotopic (exact) mass is 390 g/mol. The van der Waals surface area contributed by atoms with Gasteiger partial charge < -0.3 is 0 Å². The van der Waals surface area contributed by atoms with Crippen molar-refractivity contribution in [2.45, 2.75) is 24.0 Å². The number of para-hydroxylation sites is 1. The average molecular weight is 390 g/mol. The smallest absolute Gasteiger partial charge is 0.238 e. The Balaban J connectivity index is 1.53. The van der Waals surface area contributed by atoms with Gasteiger partial charge in [-0.05, 0) is 37.1 Å². The van der Waals surface area contributed by atoms with Gasteiger partial charge in [-0.15, -0.1) is 10.2 Å². The molecule has 3 aromatic rings. The van der Waals surface area contributed by atoms with Gasteiger partial charge in [-0.2, -0.15) is 5.26 Å². The Hall–Kier alpha value is -3.18. The third-order valence-electron chi connectivity index (χ3n) is 4.42. The lowest BCUT2D eigenvalue weighted by Crippen LogP contribution is -2.32. The molecule has 2 heterocycles. The van der Waals surface area contributed by atoms with E-state index in [-0.39, 0.29) is 18.2 Å². The first-order valence-electron chi connectivity index (χ1n) is 8.98. The lowest BCUT2D eigenvalue weighted by atomic mass is 10.3. The molecule has 4 rings (SSSR count). The van der Waals surface area contributed by atoms with Gasteiger partial charge in [-0.1, -0.05) is 30.0 Å². The van der Waals surface area contributed by atoms with Crippen LogP contribution < -0.4 is 4.90 Å². The minimum atomic E-state index is -0.133. The third kappa shape index (κ3) is 3.89. The van der Waals surface area contributed by atoms with E-state index in [1.54, 1.807) is 12.4 Å². The van der Waals surface area contributed by atoms with Crippen LogP contribution in [0.4, 0.5) is 5.69 Å². The second-order valence-corrected chi connectivity index (χ2v) is 7.35. The van der Waals surface area contributed by atoms with Crippen LogP contribution in [0.1, 0.15) is 18.9 Å². The van der Waals surface area contributed by atoms with Crippen molar-refractivity contribution in [3.8, 4) is 17.5 Å². The van der Waals surface area contributed by atoms with Gasteiger partial charge in [-0.25, -0.2) is 0 Å². The maximum absolute atomic E-state index is 12.8. The number of carbonyl (C=O) groups is 1. The van der Waals surface area contributed by atoms with Crippen LogP contribution in [0, 0.1) is 11.3 Å². The molecule has 8 heteroatoms. The first-order chi connectivity index (χ1) is 13.8. The Bertz CT molecular complexity index is 995. The van der Waals surface area contributed by atoms with Crippen LogP contribution in [0.2, 0.25) is 0 Å². The fraction of sp³-hybridized carbons (Fsp3) is 0.250. The first-order valence-corrected chi connectivity index (χ1v) is 9.97. The molecule has 0 radical (unpaired) electrons. The van der Waals surface area contributed by atoms with E-state index in [4.69, 9.17) is 5.26 Å². The summed E-state index contributed by atoms with van der Waals surface area (Å²) in [4.78, 5) is 18.4. The fourth-order valence-electron chi connectivity index (χ4n) is 2.94. The van der Waals surface area contributed by atoms with Crippen LogP contribution in [0.25, 0.3) is 11.4 Å². The zero-order chi connectivity index (χ0) is 19.3. The van der Waals surface area contributed by atoms with Gasteiger partial charge in [0, 0.05) is 29.7 Å². The van der Waals surface area contributed by atoms with Crippen LogP contribution in [-0.2, 0) is 4.79 Å². The van der Waals surface area contributed by atoms with E-state index < -0.39 is 0 Å². The molecule has 0 N–H and O–H groups in total. The van der Waals surface area contributed by atoms with Crippen molar-refractivity contribution in [2.75, 3.05) is 17.2 Å². The molecule has 1 aromatic carbocycles. The van der Waals surface area contributed by atoms with Gasteiger partial charge in [0.25, 0.3) is 0 Å². The van der Waals surface area contributed by atoms with E-state index in [2.05, 4.69) is 25.8 Å². The van der Waals surface area contributed by atoms with Gasteiger partial charge in [0.15, 0.2) is 11.0 Å². The van der Waals surface area contributed by atoms with Gasteiger partial charge in [0.2, 0.25) is 5.91 Å². The van der Waals surface area contributed by atoms with Crippen LogP contribution in [0.3, 0.4) is 0 Å². The highest BCUT2D eigenvalue weighted by Gasteiger charge is 2.30. The van der Waals surface area contributed by atoms with Crippen LogP contribution >= 0.6 is 11.8 Å². The summed E-state index contributed by atoms with van der Waals surface area (Å²) in [5, 5.41) is 18.5. The second-order valence-electron chi connectivity index (χ2n) is 6.41. The Morgan fingerprint density at radius 1 is 1.21 bits per heavy atom. The minimum Gasteiger partial charge on any atom is -0.299 e. The van der Waals surface area contributed by atoms with Crippen molar-refractivity contribution >= 4 is 23.4 Å². The topological polar surface area (TPSA) is 87.7 Å². The number of hydrogen-bond donors (Lipinski definition) is 0. The number of nitrogens with zero attached hydrogens (tertiary/aromatic N) is 6. The second kappa shape index (κ2) is 8.23. The highest BCUT2D eigenvalue weighted by Crippen LogP contribution is 2.41. The summed E-state index contributed by atoms with van der Waals surface area (Å²) < 4.78 is 2.10. The Labute approximate surface area is 167 Å². The minimum absolute atomic E-state index is 0.0135. The van der Waals surface area contributed by atoms with E-state index in [0.29, 0.717) is 11.7 Å². The lowest BCUT2D eigenvalue weighted by molar-refractivity contribution is -0.116. The zero-order valence-corrected chi connectivity index (χ0v) is 15.9. The average Bonchev–Trinajstić information content (AvgIpc) is 3.50. The largest absolute Gasteiger partial charge is 0.299 e. The Morgan fingerprint density at radius 2 is 2.04 bits per heavy atom. The summed E-state index contributed by atoms with van der Waals surface area (Å²) in [5.74, 6) is 0.836. The standard InChI is InChI=1S/C20H18N6OS/c21-10-12-25(16-6-2-1-3-7-16)18(27)14-28-20-24-23-19(26(20)17-8-9-17)15-5-4-11-22-13-15/h1-7,11,13,17H,8-9,12,14H2. The number of nitriles is 1. The van der Waals surface area contributed by atoms with Gasteiger partial charge >= 0.3 is 0 Å². The predicted molar refractivity (Wildman–Crippen MR) is 107 cm³/mol. The molecule has 1 aliphatic carbocycles. The van der Waals surface area contributed by atoms with Gasteiger partial charge in [0.05, 0.1) is 11.8 Å². The Kier molecular flexibility index (Phi) is 5.35. The van der Waals surface area contributed by atoms with E-state index in [1.165, 1.54) is 16.7 Å². The molecule has 1 aliphatic rings. The molecule has 7 nitrogen and oxygen atoms in total. The number of aromatic nitrogens is 4. The highest BCUT2D eigenvalue weighted by atomic mass is 32.2. The molecular formula is C20H18N6OS. The molecule has 0 saturated heterocycles. The fourth-order valence-corrected chi connectivity index (χ4v) is 3.82. The van der Waals surface area contributed by atoms with E-state index in [9.17, 15) is 4.79 Å². The van der Waals surface area contributed by atoms with Crippen molar-refractivity contribution in [3.05, 3.63) is 54.9 Å². The highest BCUT2D eigenvalue weighted by molar-refractivity contribution is 7.99. The summed E-state index contributed by atoms with van der Waals surface area (Å²) in [6, 6.07) is 15.5. The van der Waals surface area contributed by atoms with Crippen LogP contribution in [0.15, 0.2) is 60.0 Å². The lowest BCUT2D eigenvalue weighted by Gasteiger charge is -2.19. The molecule has 2 aromatic heterocycles. The Morgan fingerprint density at radius 3 is 2.71 bits per heavy atom.